The fraction of sp³-hybridized carbons (Fsp3) is 0.346. The van der Waals surface area contributed by atoms with E-state index in [0.29, 0.717) is 6.04 Å². The van der Waals surface area contributed by atoms with Crippen molar-refractivity contribution in [2.75, 3.05) is 25.0 Å². The van der Waals surface area contributed by atoms with Gasteiger partial charge in [0.2, 0.25) is 0 Å². The van der Waals surface area contributed by atoms with Crippen molar-refractivity contribution in [1.29, 1.82) is 0 Å². The van der Waals surface area contributed by atoms with Gasteiger partial charge in [-0.05, 0) is 50.9 Å². The molecule has 0 aliphatic heterocycles. The van der Waals surface area contributed by atoms with Crippen LogP contribution in [0.3, 0.4) is 0 Å². The van der Waals surface area contributed by atoms with E-state index in [2.05, 4.69) is 91.7 Å². The Morgan fingerprint density at radius 3 is 2.38 bits per heavy atom. The average molecular weight is 386 g/mol. The molecule has 0 saturated carbocycles. The second-order valence-electron chi connectivity index (χ2n) is 7.90. The molecule has 4 aromatic rings. The summed E-state index contributed by atoms with van der Waals surface area (Å²) in [4.78, 5) is 7.53. The summed E-state index contributed by atoms with van der Waals surface area (Å²) in [7, 11) is 0. The lowest BCUT2D eigenvalue weighted by atomic mass is 10.0. The number of aromatic nitrogens is 1. The third-order valence-corrected chi connectivity index (χ3v) is 5.97. The molecule has 0 saturated heterocycles. The first-order valence-electron chi connectivity index (χ1n) is 10.9. The molecule has 0 radical (unpaired) electrons. The quantitative estimate of drug-likeness (QED) is 0.278. The van der Waals surface area contributed by atoms with Crippen molar-refractivity contribution in [2.45, 2.75) is 39.7 Å². The van der Waals surface area contributed by atoms with Gasteiger partial charge in [0.15, 0.2) is 0 Å². The van der Waals surface area contributed by atoms with Crippen LogP contribution in [0, 0.1) is 0 Å². The van der Waals surface area contributed by atoms with Gasteiger partial charge in [0.05, 0.1) is 16.7 Å². The molecule has 4 rings (SSSR count). The second kappa shape index (κ2) is 8.79. The largest absolute Gasteiger partial charge is 0.381 e. The minimum Gasteiger partial charge on any atom is -0.381 e. The molecular formula is C26H31N3. The zero-order valence-corrected chi connectivity index (χ0v) is 17.8. The number of nitrogens with one attached hydrogen (secondary N) is 1. The van der Waals surface area contributed by atoms with E-state index in [4.69, 9.17) is 4.98 Å². The van der Waals surface area contributed by atoms with Crippen LogP contribution < -0.4 is 5.32 Å². The summed E-state index contributed by atoms with van der Waals surface area (Å²) in [5.74, 6) is 0. The third-order valence-electron chi connectivity index (χ3n) is 5.97. The lowest BCUT2D eigenvalue weighted by Crippen LogP contribution is -2.25. The molecule has 1 aromatic heterocycles. The van der Waals surface area contributed by atoms with Gasteiger partial charge in [-0.25, -0.2) is 4.98 Å². The standard InChI is InChI=1S/C26H31N3/c1-4-29(5-2)18-10-11-19(3)27-26-22-14-8-9-15-24(22)28-25-21-13-7-6-12-20(21)16-17-23(25)26/h6-9,12-17,19H,4-5,10-11,18H2,1-3H3,(H,27,28). The van der Waals surface area contributed by atoms with E-state index >= 15 is 0 Å². The highest BCUT2D eigenvalue weighted by molar-refractivity contribution is 6.15. The number of benzene rings is 3. The highest BCUT2D eigenvalue weighted by Gasteiger charge is 2.13. The molecule has 0 aliphatic carbocycles. The second-order valence-corrected chi connectivity index (χ2v) is 7.90. The topological polar surface area (TPSA) is 28.2 Å². The summed E-state index contributed by atoms with van der Waals surface area (Å²) in [5, 5.41) is 8.70. The molecule has 3 nitrogen and oxygen atoms in total. The third kappa shape index (κ3) is 4.06. The zero-order valence-electron chi connectivity index (χ0n) is 17.8. The minimum absolute atomic E-state index is 0.408. The summed E-state index contributed by atoms with van der Waals surface area (Å²) in [5.41, 5.74) is 3.35. The van der Waals surface area contributed by atoms with Gasteiger partial charge in [0.25, 0.3) is 0 Å². The van der Waals surface area contributed by atoms with E-state index in [9.17, 15) is 0 Å². The Kier molecular flexibility index (Phi) is 5.96. The first-order valence-corrected chi connectivity index (χ1v) is 10.9. The molecule has 1 atom stereocenters. The van der Waals surface area contributed by atoms with Crippen LogP contribution in [0.5, 0.6) is 0 Å². The van der Waals surface area contributed by atoms with Crippen LogP contribution in [0.2, 0.25) is 0 Å². The Morgan fingerprint density at radius 1 is 0.862 bits per heavy atom. The Labute approximate surface area is 173 Å². The van der Waals surface area contributed by atoms with Crippen molar-refractivity contribution in [3.8, 4) is 0 Å². The van der Waals surface area contributed by atoms with Crippen molar-refractivity contribution < 1.29 is 0 Å². The molecule has 0 amide bonds. The lowest BCUT2D eigenvalue weighted by molar-refractivity contribution is 0.295. The first-order chi connectivity index (χ1) is 14.2. The molecule has 1 N–H and O–H groups in total. The Hall–Kier alpha value is -2.65. The maximum absolute atomic E-state index is 5.03. The maximum Gasteiger partial charge on any atom is 0.0808 e. The number of anilines is 1. The van der Waals surface area contributed by atoms with Crippen molar-refractivity contribution in [1.82, 2.24) is 9.88 Å². The smallest absolute Gasteiger partial charge is 0.0808 e. The van der Waals surface area contributed by atoms with E-state index < -0.39 is 0 Å². The molecule has 0 aliphatic rings. The van der Waals surface area contributed by atoms with Crippen LogP contribution in [0.15, 0.2) is 60.7 Å². The normalized spacial score (nSPS) is 12.8. The monoisotopic (exact) mass is 385 g/mol. The van der Waals surface area contributed by atoms with Gasteiger partial charge < -0.3 is 10.2 Å². The number of rotatable bonds is 8. The number of nitrogens with zero attached hydrogens (tertiary/aromatic N) is 2. The van der Waals surface area contributed by atoms with E-state index in [1.807, 2.05) is 0 Å². The first kappa shape index (κ1) is 19.7. The van der Waals surface area contributed by atoms with Gasteiger partial charge in [-0.1, -0.05) is 68.4 Å². The summed E-state index contributed by atoms with van der Waals surface area (Å²) in [6, 6.07) is 21.8. The molecule has 1 heterocycles. The maximum atomic E-state index is 5.03. The van der Waals surface area contributed by atoms with Gasteiger partial charge >= 0.3 is 0 Å². The van der Waals surface area contributed by atoms with E-state index in [1.54, 1.807) is 0 Å². The SMILES string of the molecule is CCN(CC)CCCC(C)Nc1c2ccccc2nc2c1ccc1ccccc12. The predicted molar refractivity (Wildman–Crippen MR) is 127 cm³/mol. The Bertz CT molecular complexity index is 1110. The van der Waals surface area contributed by atoms with Crippen LogP contribution >= 0.6 is 0 Å². The van der Waals surface area contributed by atoms with Crippen LogP contribution in [-0.4, -0.2) is 35.6 Å². The molecule has 0 spiro atoms. The van der Waals surface area contributed by atoms with Crippen molar-refractivity contribution in [2.24, 2.45) is 0 Å². The molecular weight excluding hydrogens is 354 g/mol. The molecule has 3 aromatic carbocycles. The van der Waals surface area contributed by atoms with Crippen LogP contribution in [0.25, 0.3) is 32.6 Å². The lowest BCUT2D eigenvalue weighted by Gasteiger charge is -2.22. The zero-order chi connectivity index (χ0) is 20.2. The molecule has 0 fully saturated rings. The average Bonchev–Trinajstić information content (AvgIpc) is 2.76. The molecule has 29 heavy (non-hydrogen) atoms. The number of pyridine rings is 1. The summed E-state index contributed by atoms with van der Waals surface area (Å²) in [6.07, 6.45) is 2.36. The number of para-hydroxylation sites is 1. The van der Waals surface area contributed by atoms with Crippen molar-refractivity contribution >= 4 is 38.3 Å². The molecule has 150 valence electrons. The fourth-order valence-corrected chi connectivity index (χ4v) is 4.26. The predicted octanol–water partition coefficient (Wildman–Crippen LogP) is 6.46. The minimum atomic E-state index is 0.408. The van der Waals surface area contributed by atoms with Gasteiger partial charge in [-0.2, -0.15) is 0 Å². The summed E-state index contributed by atoms with van der Waals surface area (Å²) >= 11 is 0. The van der Waals surface area contributed by atoms with E-state index in [1.165, 1.54) is 40.2 Å². The Balaban J connectivity index is 1.71. The summed E-state index contributed by atoms with van der Waals surface area (Å²) in [6.45, 7) is 10.2. The highest BCUT2D eigenvalue weighted by atomic mass is 15.1. The number of fused-ring (bicyclic) bond motifs is 4. The number of hydrogen-bond donors (Lipinski definition) is 1. The summed E-state index contributed by atoms with van der Waals surface area (Å²) < 4.78 is 0. The van der Waals surface area contributed by atoms with Gasteiger partial charge in [0, 0.05) is 22.2 Å². The van der Waals surface area contributed by atoms with Crippen LogP contribution in [0.1, 0.15) is 33.6 Å². The Morgan fingerprint density at radius 2 is 1.59 bits per heavy atom. The molecule has 3 heteroatoms. The highest BCUT2D eigenvalue weighted by Crippen LogP contribution is 2.35. The fourth-order valence-electron chi connectivity index (χ4n) is 4.26. The van der Waals surface area contributed by atoms with E-state index in [-0.39, 0.29) is 0 Å². The molecule has 0 bridgehead atoms. The number of hydrogen-bond acceptors (Lipinski definition) is 3. The van der Waals surface area contributed by atoms with Crippen LogP contribution in [0.4, 0.5) is 5.69 Å². The van der Waals surface area contributed by atoms with Gasteiger partial charge in [-0.15, -0.1) is 0 Å². The van der Waals surface area contributed by atoms with Gasteiger partial charge in [-0.3, -0.25) is 0 Å². The van der Waals surface area contributed by atoms with Crippen molar-refractivity contribution in [3.05, 3.63) is 60.7 Å². The van der Waals surface area contributed by atoms with E-state index in [0.717, 1.165) is 30.5 Å². The van der Waals surface area contributed by atoms with Crippen LogP contribution in [-0.2, 0) is 0 Å². The molecule has 1 unspecified atom stereocenters. The van der Waals surface area contributed by atoms with Gasteiger partial charge in [0.1, 0.15) is 0 Å². The van der Waals surface area contributed by atoms with Crippen molar-refractivity contribution in [3.63, 3.8) is 0 Å².